The summed E-state index contributed by atoms with van der Waals surface area (Å²) in [6.07, 6.45) is 1.81. The van der Waals surface area contributed by atoms with E-state index in [1.807, 2.05) is 49.5 Å². The zero-order chi connectivity index (χ0) is 19.9. The van der Waals surface area contributed by atoms with Crippen molar-refractivity contribution in [1.82, 2.24) is 15.2 Å². The molecule has 8 heteroatoms. The summed E-state index contributed by atoms with van der Waals surface area (Å²) in [7, 11) is 1.74. The van der Waals surface area contributed by atoms with E-state index in [2.05, 4.69) is 46.3 Å². The van der Waals surface area contributed by atoms with Crippen molar-refractivity contribution in [3.05, 3.63) is 52.6 Å². The van der Waals surface area contributed by atoms with Crippen LogP contribution in [0.25, 0.3) is 0 Å². The van der Waals surface area contributed by atoms with Crippen molar-refractivity contribution in [3.63, 3.8) is 0 Å². The SMILES string of the molecule is CN=C(NCC(=O)Nc1cc(Br)ccc1C)N1CCN(c2ccccn2)CC1. The first kappa shape index (κ1) is 20.1. The number of halogens is 1. The molecule has 1 aromatic carbocycles. The highest BCUT2D eigenvalue weighted by molar-refractivity contribution is 9.10. The number of aliphatic imine (C=N–C) groups is 1. The molecule has 0 spiro atoms. The number of carbonyl (C=O) groups is 1. The zero-order valence-electron chi connectivity index (χ0n) is 16.2. The van der Waals surface area contributed by atoms with E-state index in [4.69, 9.17) is 0 Å². The fourth-order valence-electron chi connectivity index (χ4n) is 3.10. The number of aryl methyl sites for hydroxylation is 1. The summed E-state index contributed by atoms with van der Waals surface area (Å²) in [5, 5.41) is 6.11. The lowest BCUT2D eigenvalue weighted by atomic mass is 10.2. The van der Waals surface area contributed by atoms with Crippen molar-refractivity contribution >= 4 is 39.3 Å². The molecule has 2 aromatic rings. The predicted molar refractivity (Wildman–Crippen MR) is 117 cm³/mol. The van der Waals surface area contributed by atoms with E-state index in [-0.39, 0.29) is 12.5 Å². The quantitative estimate of drug-likeness (QED) is 0.559. The van der Waals surface area contributed by atoms with Crippen molar-refractivity contribution in [2.24, 2.45) is 4.99 Å². The lowest BCUT2D eigenvalue weighted by molar-refractivity contribution is -0.115. The van der Waals surface area contributed by atoms with Gasteiger partial charge in [0.05, 0.1) is 6.54 Å². The molecular weight excluding hydrogens is 420 g/mol. The van der Waals surface area contributed by atoms with E-state index in [1.54, 1.807) is 7.05 Å². The molecule has 1 aliphatic heterocycles. The van der Waals surface area contributed by atoms with Gasteiger partial charge in [0.1, 0.15) is 5.82 Å². The van der Waals surface area contributed by atoms with Gasteiger partial charge in [0.25, 0.3) is 0 Å². The summed E-state index contributed by atoms with van der Waals surface area (Å²) >= 11 is 3.43. The monoisotopic (exact) mass is 444 g/mol. The second kappa shape index (κ2) is 9.54. The van der Waals surface area contributed by atoms with Crippen LogP contribution in [0.15, 0.2) is 52.1 Å². The summed E-state index contributed by atoms with van der Waals surface area (Å²) in [4.78, 5) is 25.5. The van der Waals surface area contributed by atoms with Crippen LogP contribution in [0.3, 0.4) is 0 Å². The van der Waals surface area contributed by atoms with E-state index in [1.165, 1.54) is 0 Å². The summed E-state index contributed by atoms with van der Waals surface area (Å²) in [5.41, 5.74) is 1.83. The third kappa shape index (κ3) is 5.22. The van der Waals surface area contributed by atoms with Gasteiger partial charge in [0.15, 0.2) is 5.96 Å². The molecule has 7 nitrogen and oxygen atoms in total. The normalized spacial score (nSPS) is 14.8. The van der Waals surface area contributed by atoms with E-state index < -0.39 is 0 Å². The Balaban J connectivity index is 1.50. The molecule has 1 amide bonds. The summed E-state index contributed by atoms with van der Waals surface area (Å²) < 4.78 is 0.933. The van der Waals surface area contributed by atoms with Crippen LogP contribution in [0.1, 0.15) is 5.56 Å². The minimum absolute atomic E-state index is 0.102. The number of nitrogens with one attached hydrogen (secondary N) is 2. The van der Waals surface area contributed by atoms with Gasteiger partial charge in [-0.25, -0.2) is 4.98 Å². The van der Waals surface area contributed by atoms with Crippen molar-refractivity contribution in [1.29, 1.82) is 0 Å². The second-order valence-electron chi connectivity index (χ2n) is 6.57. The Morgan fingerprint density at radius 3 is 2.68 bits per heavy atom. The van der Waals surface area contributed by atoms with Gasteiger partial charge in [-0.1, -0.05) is 28.1 Å². The Morgan fingerprint density at radius 1 is 1.21 bits per heavy atom. The number of hydrogen-bond acceptors (Lipinski definition) is 4. The summed E-state index contributed by atoms with van der Waals surface area (Å²) in [6, 6.07) is 11.8. The van der Waals surface area contributed by atoms with Gasteiger partial charge in [-0.2, -0.15) is 0 Å². The number of amides is 1. The number of nitrogens with zero attached hydrogens (tertiary/aromatic N) is 4. The second-order valence-corrected chi connectivity index (χ2v) is 7.49. The Hall–Kier alpha value is -2.61. The molecule has 0 unspecified atom stereocenters. The van der Waals surface area contributed by atoms with Crippen LogP contribution in [0.4, 0.5) is 11.5 Å². The maximum atomic E-state index is 12.3. The Kier molecular flexibility index (Phi) is 6.86. The van der Waals surface area contributed by atoms with Gasteiger partial charge >= 0.3 is 0 Å². The summed E-state index contributed by atoms with van der Waals surface area (Å²) in [6.45, 7) is 5.50. The minimum atomic E-state index is -0.102. The molecule has 0 atom stereocenters. The average Bonchev–Trinajstić information content (AvgIpc) is 2.72. The fourth-order valence-corrected chi connectivity index (χ4v) is 3.46. The van der Waals surface area contributed by atoms with Crippen LogP contribution in [0, 0.1) is 6.92 Å². The van der Waals surface area contributed by atoms with Crippen LogP contribution >= 0.6 is 15.9 Å². The standard InChI is InChI=1S/C20H25BrN6O/c1-15-6-7-16(21)13-17(15)25-19(28)14-24-20(22-2)27-11-9-26(10-12-27)18-5-3-4-8-23-18/h3-8,13H,9-12,14H2,1-2H3,(H,22,24)(H,25,28). The molecule has 0 radical (unpaired) electrons. The van der Waals surface area contributed by atoms with E-state index in [0.717, 1.165) is 53.7 Å². The van der Waals surface area contributed by atoms with Gasteiger partial charge in [0, 0.05) is 49.6 Å². The third-order valence-electron chi connectivity index (χ3n) is 4.65. The Labute approximate surface area is 174 Å². The molecule has 28 heavy (non-hydrogen) atoms. The average molecular weight is 445 g/mol. The largest absolute Gasteiger partial charge is 0.353 e. The number of anilines is 2. The van der Waals surface area contributed by atoms with Crippen molar-refractivity contribution < 1.29 is 4.79 Å². The van der Waals surface area contributed by atoms with E-state index in [9.17, 15) is 4.79 Å². The Bertz CT molecular complexity index is 834. The van der Waals surface area contributed by atoms with Gasteiger partial charge in [0.2, 0.25) is 5.91 Å². The molecule has 1 saturated heterocycles. The third-order valence-corrected chi connectivity index (χ3v) is 5.14. The number of piperazine rings is 1. The van der Waals surface area contributed by atoms with Crippen LogP contribution in [-0.4, -0.2) is 61.5 Å². The number of pyridine rings is 1. The van der Waals surface area contributed by atoms with Crippen LogP contribution in [0.5, 0.6) is 0 Å². The molecule has 1 aromatic heterocycles. The highest BCUT2D eigenvalue weighted by Crippen LogP contribution is 2.20. The smallest absolute Gasteiger partial charge is 0.243 e. The van der Waals surface area contributed by atoms with Crippen LogP contribution in [0.2, 0.25) is 0 Å². The van der Waals surface area contributed by atoms with Crippen molar-refractivity contribution in [3.8, 4) is 0 Å². The highest BCUT2D eigenvalue weighted by Gasteiger charge is 2.20. The molecule has 1 fully saturated rings. The first-order chi connectivity index (χ1) is 13.6. The number of aromatic nitrogens is 1. The van der Waals surface area contributed by atoms with Gasteiger partial charge in [-0.05, 0) is 36.8 Å². The van der Waals surface area contributed by atoms with E-state index in [0.29, 0.717) is 0 Å². The number of guanidine groups is 1. The first-order valence-corrected chi connectivity index (χ1v) is 10.0. The maximum Gasteiger partial charge on any atom is 0.243 e. The van der Waals surface area contributed by atoms with Gasteiger partial charge < -0.3 is 20.4 Å². The molecular formula is C20H25BrN6O. The van der Waals surface area contributed by atoms with Gasteiger partial charge in [-0.3, -0.25) is 9.79 Å². The van der Waals surface area contributed by atoms with Crippen LogP contribution < -0.4 is 15.5 Å². The summed E-state index contributed by atoms with van der Waals surface area (Å²) in [5.74, 6) is 1.63. The molecule has 2 N–H and O–H groups in total. The molecule has 1 aliphatic rings. The first-order valence-electron chi connectivity index (χ1n) is 9.24. The lowest BCUT2D eigenvalue weighted by Gasteiger charge is -2.37. The Morgan fingerprint density at radius 2 is 2.00 bits per heavy atom. The van der Waals surface area contributed by atoms with Crippen LogP contribution in [-0.2, 0) is 4.79 Å². The number of benzene rings is 1. The molecule has 0 saturated carbocycles. The zero-order valence-corrected chi connectivity index (χ0v) is 17.7. The number of carbonyl (C=O) groups excluding carboxylic acids is 1. The van der Waals surface area contributed by atoms with Crippen molar-refractivity contribution in [2.45, 2.75) is 6.92 Å². The topological polar surface area (TPSA) is 72.9 Å². The molecule has 148 valence electrons. The fraction of sp³-hybridized carbons (Fsp3) is 0.350. The number of hydrogen-bond donors (Lipinski definition) is 2. The molecule has 3 rings (SSSR count). The highest BCUT2D eigenvalue weighted by atomic mass is 79.9. The van der Waals surface area contributed by atoms with Gasteiger partial charge in [-0.15, -0.1) is 0 Å². The minimum Gasteiger partial charge on any atom is -0.353 e. The molecule has 0 bridgehead atoms. The van der Waals surface area contributed by atoms with Crippen molar-refractivity contribution in [2.75, 3.05) is 50.0 Å². The predicted octanol–water partition coefficient (Wildman–Crippen LogP) is 2.49. The van der Waals surface area contributed by atoms with E-state index >= 15 is 0 Å². The maximum absolute atomic E-state index is 12.3. The molecule has 0 aliphatic carbocycles. The number of rotatable bonds is 4. The lowest BCUT2D eigenvalue weighted by Crippen LogP contribution is -2.53. The molecule has 2 heterocycles.